The summed E-state index contributed by atoms with van der Waals surface area (Å²) in [6, 6.07) is 14.1. The number of pyridine rings is 1. The van der Waals surface area contributed by atoms with Crippen LogP contribution in [0.2, 0.25) is 0 Å². The molecule has 0 aliphatic rings. The molecule has 2 N–H and O–H groups in total. The third kappa shape index (κ3) is 5.15. The zero-order valence-corrected chi connectivity index (χ0v) is 17.2. The highest BCUT2D eigenvalue weighted by atomic mass is 127. The van der Waals surface area contributed by atoms with Crippen molar-refractivity contribution in [3.63, 3.8) is 0 Å². The largest absolute Gasteiger partial charge is 0.380 e. The van der Waals surface area contributed by atoms with Gasteiger partial charge >= 0.3 is 0 Å². The number of aliphatic imine (C=N–C) groups is 1. The highest BCUT2D eigenvalue weighted by Crippen LogP contribution is 2.06. The maximum absolute atomic E-state index is 5.17. The van der Waals surface area contributed by atoms with Crippen LogP contribution in [0.3, 0.4) is 0 Å². The highest BCUT2D eigenvalue weighted by Gasteiger charge is 2.05. The Morgan fingerprint density at radius 2 is 1.88 bits per heavy atom. The average Bonchev–Trinajstić information content (AvgIpc) is 3.06. The van der Waals surface area contributed by atoms with E-state index in [1.807, 2.05) is 34.9 Å². The first-order valence-electron chi connectivity index (χ1n) is 8.10. The lowest BCUT2D eigenvalue weighted by atomic mass is 10.1. The van der Waals surface area contributed by atoms with Crippen LogP contribution in [0.5, 0.6) is 0 Å². The molecule has 0 saturated carbocycles. The highest BCUT2D eigenvalue weighted by molar-refractivity contribution is 14.0. The molecule has 3 aromatic rings. The predicted octanol–water partition coefficient (Wildman–Crippen LogP) is 2.36. The van der Waals surface area contributed by atoms with Gasteiger partial charge in [-0.25, -0.2) is 0 Å². The molecule has 0 amide bonds. The first-order valence-corrected chi connectivity index (χ1v) is 8.10. The number of nitrogens with zero attached hydrogens (tertiary/aromatic N) is 4. The van der Waals surface area contributed by atoms with Crippen LogP contribution in [0.15, 0.2) is 53.7 Å². The van der Waals surface area contributed by atoms with Gasteiger partial charge in [-0.3, -0.25) is 9.39 Å². The second-order valence-electron chi connectivity index (χ2n) is 5.58. The summed E-state index contributed by atoms with van der Waals surface area (Å²) < 4.78 is 7.13. The molecule has 0 radical (unpaired) electrons. The van der Waals surface area contributed by atoms with E-state index in [1.54, 1.807) is 14.2 Å². The minimum absolute atomic E-state index is 0. The van der Waals surface area contributed by atoms with E-state index in [4.69, 9.17) is 4.74 Å². The smallest absolute Gasteiger partial charge is 0.191 e. The van der Waals surface area contributed by atoms with Crippen molar-refractivity contribution in [2.24, 2.45) is 4.99 Å². The molecule has 0 aliphatic carbocycles. The summed E-state index contributed by atoms with van der Waals surface area (Å²) in [6.45, 7) is 1.83. The van der Waals surface area contributed by atoms with Crippen LogP contribution in [0.1, 0.15) is 17.0 Å². The zero-order chi connectivity index (χ0) is 17.5. The van der Waals surface area contributed by atoms with E-state index in [-0.39, 0.29) is 24.0 Å². The number of aromatic nitrogens is 3. The van der Waals surface area contributed by atoms with Crippen LogP contribution < -0.4 is 10.6 Å². The number of fused-ring (bicyclic) bond motifs is 1. The lowest BCUT2D eigenvalue weighted by molar-refractivity contribution is 0.185. The number of nitrogens with one attached hydrogen (secondary N) is 2. The van der Waals surface area contributed by atoms with E-state index in [1.165, 1.54) is 5.56 Å². The predicted molar refractivity (Wildman–Crippen MR) is 113 cm³/mol. The number of benzene rings is 1. The third-order valence-corrected chi connectivity index (χ3v) is 3.78. The number of guanidine groups is 1. The van der Waals surface area contributed by atoms with Crippen molar-refractivity contribution >= 4 is 35.6 Å². The van der Waals surface area contributed by atoms with Gasteiger partial charge in [0.05, 0.1) is 13.2 Å². The maximum Gasteiger partial charge on any atom is 0.191 e. The number of halogens is 1. The monoisotopic (exact) mass is 466 g/mol. The fourth-order valence-electron chi connectivity index (χ4n) is 2.58. The first kappa shape index (κ1) is 20.1. The molecule has 0 spiro atoms. The Morgan fingerprint density at radius 3 is 2.69 bits per heavy atom. The summed E-state index contributed by atoms with van der Waals surface area (Å²) in [7, 11) is 3.45. The molecule has 8 heteroatoms. The molecule has 2 aromatic heterocycles. The van der Waals surface area contributed by atoms with Crippen LogP contribution in [0.25, 0.3) is 5.65 Å². The van der Waals surface area contributed by atoms with E-state index in [9.17, 15) is 0 Å². The Bertz CT molecular complexity index is 864. The van der Waals surface area contributed by atoms with Gasteiger partial charge < -0.3 is 15.4 Å². The second kappa shape index (κ2) is 10.1. The van der Waals surface area contributed by atoms with Crippen LogP contribution in [-0.4, -0.2) is 34.7 Å². The summed E-state index contributed by atoms with van der Waals surface area (Å²) in [4.78, 5) is 4.25. The normalized spacial score (nSPS) is 11.2. The maximum atomic E-state index is 5.17. The van der Waals surface area contributed by atoms with Crippen LogP contribution in [0.4, 0.5) is 0 Å². The number of hydrogen-bond acceptors (Lipinski definition) is 4. The Kier molecular flexibility index (Phi) is 7.79. The fourth-order valence-corrected chi connectivity index (χ4v) is 2.58. The average molecular weight is 466 g/mol. The number of hydrogen-bond donors (Lipinski definition) is 2. The van der Waals surface area contributed by atoms with Gasteiger partial charge in [0.1, 0.15) is 0 Å². The molecule has 0 atom stereocenters. The Hall–Kier alpha value is -2.20. The molecular formula is C18H23IN6O. The Morgan fingerprint density at radius 1 is 1.08 bits per heavy atom. The van der Waals surface area contributed by atoms with Gasteiger partial charge in [0, 0.05) is 26.9 Å². The van der Waals surface area contributed by atoms with Gasteiger partial charge in [-0.15, -0.1) is 34.2 Å². The van der Waals surface area contributed by atoms with Crippen LogP contribution in [-0.2, 0) is 24.4 Å². The molecule has 7 nitrogen and oxygen atoms in total. The molecule has 0 unspecified atom stereocenters. The van der Waals surface area contributed by atoms with Crippen molar-refractivity contribution in [2.45, 2.75) is 19.7 Å². The zero-order valence-electron chi connectivity index (χ0n) is 14.8. The van der Waals surface area contributed by atoms with Crippen molar-refractivity contribution in [1.29, 1.82) is 0 Å². The minimum Gasteiger partial charge on any atom is -0.380 e. The van der Waals surface area contributed by atoms with Crippen molar-refractivity contribution in [1.82, 2.24) is 25.2 Å². The van der Waals surface area contributed by atoms with Crippen molar-refractivity contribution in [2.75, 3.05) is 14.2 Å². The Labute approximate surface area is 169 Å². The fraction of sp³-hybridized carbons (Fsp3) is 0.278. The Balaban J connectivity index is 0.00000243. The summed E-state index contributed by atoms with van der Waals surface area (Å²) >= 11 is 0. The van der Waals surface area contributed by atoms with E-state index in [0.717, 1.165) is 17.0 Å². The van der Waals surface area contributed by atoms with Crippen molar-refractivity contribution in [3.05, 3.63) is 65.6 Å². The quantitative estimate of drug-likeness (QED) is 0.332. The van der Waals surface area contributed by atoms with Gasteiger partial charge in [-0.05, 0) is 23.3 Å². The van der Waals surface area contributed by atoms with E-state index >= 15 is 0 Å². The summed E-state index contributed by atoms with van der Waals surface area (Å²) in [5.74, 6) is 1.55. The standard InChI is InChI=1S/C18H22N6O.HI/c1-19-18(20-11-14-6-5-7-15(10-14)13-25-2)21-12-17-23-22-16-8-3-4-9-24(16)17;/h3-10H,11-13H2,1-2H3,(H2,19,20,21);1H. The van der Waals surface area contributed by atoms with Gasteiger partial charge in [0.2, 0.25) is 0 Å². The molecule has 0 bridgehead atoms. The molecule has 2 heterocycles. The molecule has 0 saturated heterocycles. The lowest BCUT2D eigenvalue weighted by Gasteiger charge is -2.12. The molecule has 0 fully saturated rings. The molecule has 0 aliphatic heterocycles. The minimum atomic E-state index is 0. The van der Waals surface area contributed by atoms with Crippen molar-refractivity contribution < 1.29 is 4.74 Å². The number of rotatable bonds is 6. The van der Waals surface area contributed by atoms with Crippen LogP contribution >= 0.6 is 24.0 Å². The van der Waals surface area contributed by atoms with E-state index in [2.05, 4.69) is 44.0 Å². The molecule has 138 valence electrons. The topological polar surface area (TPSA) is 75.8 Å². The molecule has 1 aromatic carbocycles. The van der Waals surface area contributed by atoms with Gasteiger partial charge in [-0.2, -0.15) is 0 Å². The summed E-state index contributed by atoms with van der Waals surface area (Å²) in [5.41, 5.74) is 3.15. The van der Waals surface area contributed by atoms with Gasteiger partial charge in [0.25, 0.3) is 0 Å². The van der Waals surface area contributed by atoms with Crippen LogP contribution in [0, 0.1) is 0 Å². The lowest BCUT2D eigenvalue weighted by Crippen LogP contribution is -2.36. The molecule has 3 rings (SSSR count). The van der Waals surface area contributed by atoms with Gasteiger partial charge in [0.15, 0.2) is 17.4 Å². The SMILES string of the molecule is CN=C(NCc1cccc(COC)c1)NCc1nnc2ccccn12.I. The van der Waals surface area contributed by atoms with E-state index in [0.29, 0.717) is 25.7 Å². The second-order valence-corrected chi connectivity index (χ2v) is 5.58. The third-order valence-electron chi connectivity index (χ3n) is 3.78. The summed E-state index contributed by atoms with van der Waals surface area (Å²) in [6.07, 6.45) is 1.95. The van der Waals surface area contributed by atoms with Crippen molar-refractivity contribution in [3.8, 4) is 0 Å². The van der Waals surface area contributed by atoms with Gasteiger partial charge in [-0.1, -0.05) is 30.3 Å². The molecule has 26 heavy (non-hydrogen) atoms. The number of ether oxygens (including phenoxy) is 1. The summed E-state index contributed by atoms with van der Waals surface area (Å²) in [5, 5.41) is 14.9. The van der Waals surface area contributed by atoms with E-state index < -0.39 is 0 Å². The first-order chi connectivity index (χ1) is 12.3. The number of methoxy groups -OCH3 is 1. The molecular weight excluding hydrogens is 443 g/mol.